The van der Waals surface area contributed by atoms with E-state index in [4.69, 9.17) is 4.74 Å². The molecular formula is C25H27N5O3S. The summed E-state index contributed by atoms with van der Waals surface area (Å²) in [5.41, 5.74) is 3.31. The van der Waals surface area contributed by atoms with Crippen LogP contribution in [-0.2, 0) is 9.53 Å². The molecule has 3 aromatic rings. The van der Waals surface area contributed by atoms with Crippen molar-refractivity contribution in [2.45, 2.75) is 50.7 Å². The van der Waals surface area contributed by atoms with Crippen molar-refractivity contribution >= 4 is 29.5 Å². The number of esters is 1. The number of anilines is 1. The van der Waals surface area contributed by atoms with Crippen LogP contribution < -0.4 is 5.32 Å². The van der Waals surface area contributed by atoms with Crippen LogP contribution in [0, 0.1) is 25.2 Å². The SMILES string of the molecule is CSc1ncc(C(=O)OCC(=O)Nc2c(C#N)c(C)c(C)n2C2CCCC2)n1-c1ccccc1. The van der Waals surface area contributed by atoms with Crippen LogP contribution in [0.3, 0.4) is 0 Å². The van der Waals surface area contributed by atoms with E-state index in [0.29, 0.717) is 16.5 Å². The van der Waals surface area contributed by atoms with Crippen LogP contribution in [0.1, 0.15) is 59.0 Å². The number of aromatic nitrogens is 3. The Bertz CT molecular complexity index is 1250. The molecule has 0 spiro atoms. The molecule has 1 aromatic carbocycles. The standard InChI is InChI=1S/C25H27N5O3S/c1-16-17(2)29(18-11-7-8-12-18)23(20(16)13-26)28-22(31)15-33-24(32)21-14-27-25(34-3)30(21)19-9-5-4-6-10-19/h4-6,9-10,14,18H,7-8,11-12,15H2,1-3H3,(H,28,31). The van der Waals surface area contributed by atoms with Gasteiger partial charge in [-0.15, -0.1) is 0 Å². The number of nitriles is 1. The highest BCUT2D eigenvalue weighted by Crippen LogP contribution is 2.37. The molecule has 0 aliphatic heterocycles. The van der Waals surface area contributed by atoms with Crippen molar-refractivity contribution in [2.75, 3.05) is 18.2 Å². The number of carbonyl (C=O) groups is 2. The zero-order chi connectivity index (χ0) is 24.2. The molecule has 4 rings (SSSR count). The molecule has 1 aliphatic carbocycles. The first-order valence-electron chi connectivity index (χ1n) is 11.2. The summed E-state index contributed by atoms with van der Waals surface area (Å²) < 4.78 is 9.12. The van der Waals surface area contributed by atoms with E-state index in [1.54, 1.807) is 4.57 Å². The number of benzene rings is 1. The van der Waals surface area contributed by atoms with Gasteiger partial charge in [-0.05, 0) is 50.6 Å². The van der Waals surface area contributed by atoms with Crippen molar-refractivity contribution in [2.24, 2.45) is 0 Å². The first-order valence-corrected chi connectivity index (χ1v) is 12.4. The highest BCUT2D eigenvalue weighted by Gasteiger charge is 2.27. The summed E-state index contributed by atoms with van der Waals surface area (Å²) >= 11 is 1.41. The Hall–Kier alpha value is -3.51. The van der Waals surface area contributed by atoms with Crippen LogP contribution in [0.2, 0.25) is 0 Å². The number of hydrogen-bond acceptors (Lipinski definition) is 6. The molecule has 1 fully saturated rings. The van der Waals surface area contributed by atoms with Crippen LogP contribution >= 0.6 is 11.8 Å². The van der Waals surface area contributed by atoms with Crippen molar-refractivity contribution in [1.82, 2.24) is 14.1 Å². The minimum atomic E-state index is -0.647. The second-order valence-corrected chi connectivity index (χ2v) is 9.05. The van der Waals surface area contributed by atoms with E-state index >= 15 is 0 Å². The number of carbonyl (C=O) groups excluding carboxylic acids is 2. The van der Waals surface area contributed by atoms with Crippen LogP contribution in [0.5, 0.6) is 0 Å². The average Bonchev–Trinajstić information content (AvgIpc) is 3.57. The molecule has 1 amide bonds. The molecule has 2 aromatic heterocycles. The lowest BCUT2D eigenvalue weighted by Gasteiger charge is -2.19. The largest absolute Gasteiger partial charge is 0.451 e. The number of nitrogens with one attached hydrogen (secondary N) is 1. The third-order valence-corrected chi connectivity index (χ3v) is 6.94. The Balaban J connectivity index is 1.51. The highest BCUT2D eigenvalue weighted by atomic mass is 32.2. The van der Waals surface area contributed by atoms with Gasteiger partial charge in [0.2, 0.25) is 0 Å². The highest BCUT2D eigenvalue weighted by molar-refractivity contribution is 7.98. The van der Waals surface area contributed by atoms with E-state index in [-0.39, 0.29) is 11.7 Å². The number of rotatable bonds is 7. The molecule has 0 bridgehead atoms. The van der Waals surface area contributed by atoms with E-state index in [1.165, 1.54) is 18.0 Å². The number of hydrogen-bond donors (Lipinski definition) is 1. The van der Waals surface area contributed by atoms with Crippen LogP contribution in [0.15, 0.2) is 41.7 Å². The average molecular weight is 478 g/mol. The maximum atomic E-state index is 12.9. The van der Waals surface area contributed by atoms with Crippen LogP contribution in [0.25, 0.3) is 5.69 Å². The van der Waals surface area contributed by atoms with Gasteiger partial charge < -0.3 is 14.6 Å². The zero-order valence-electron chi connectivity index (χ0n) is 19.5. The van der Waals surface area contributed by atoms with Crippen LogP contribution in [-0.4, -0.2) is 38.9 Å². The van der Waals surface area contributed by atoms with E-state index in [9.17, 15) is 14.9 Å². The minimum absolute atomic E-state index is 0.238. The molecule has 1 aliphatic rings. The fourth-order valence-electron chi connectivity index (χ4n) is 4.53. The molecule has 0 unspecified atom stereocenters. The lowest BCUT2D eigenvalue weighted by atomic mass is 10.2. The fourth-order valence-corrected chi connectivity index (χ4v) is 5.07. The number of para-hydroxylation sites is 1. The normalized spacial score (nSPS) is 13.6. The summed E-state index contributed by atoms with van der Waals surface area (Å²) in [4.78, 5) is 29.9. The van der Waals surface area contributed by atoms with Gasteiger partial charge in [0.05, 0.1) is 11.8 Å². The smallest absolute Gasteiger partial charge is 0.357 e. The molecule has 1 saturated carbocycles. The van der Waals surface area contributed by atoms with Gasteiger partial charge in [0.15, 0.2) is 17.5 Å². The van der Waals surface area contributed by atoms with Crippen molar-refractivity contribution < 1.29 is 14.3 Å². The second-order valence-electron chi connectivity index (χ2n) is 8.28. The first kappa shape index (κ1) is 23.6. The zero-order valence-corrected chi connectivity index (χ0v) is 20.3. The number of ether oxygens (including phenoxy) is 1. The third-order valence-electron chi connectivity index (χ3n) is 6.29. The number of amides is 1. The van der Waals surface area contributed by atoms with E-state index in [1.807, 2.05) is 50.4 Å². The predicted molar refractivity (Wildman–Crippen MR) is 130 cm³/mol. The van der Waals surface area contributed by atoms with Gasteiger partial charge in [-0.2, -0.15) is 5.26 Å². The summed E-state index contributed by atoms with van der Waals surface area (Å²) in [6.07, 6.45) is 7.60. The van der Waals surface area contributed by atoms with E-state index in [0.717, 1.165) is 42.6 Å². The molecule has 176 valence electrons. The predicted octanol–water partition coefficient (Wildman–Crippen LogP) is 4.79. The minimum Gasteiger partial charge on any atom is -0.451 e. The third kappa shape index (κ3) is 4.46. The molecule has 9 heteroatoms. The van der Waals surface area contributed by atoms with Gasteiger partial charge in [-0.3, -0.25) is 9.36 Å². The first-order chi connectivity index (χ1) is 16.5. The van der Waals surface area contributed by atoms with Crippen LogP contribution in [0.4, 0.5) is 5.82 Å². The maximum absolute atomic E-state index is 12.9. The topological polar surface area (TPSA) is 102 Å². The lowest BCUT2D eigenvalue weighted by molar-refractivity contribution is -0.119. The molecule has 0 atom stereocenters. The summed E-state index contributed by atoms with van der Waals surface area (Å²) in [5, 5.41) is 13.2. The maximum Gasteiger partial charge on any atom is 0.357 e. The van der Waals surface area contributed by atoms with Crippen molar-refractivity contribution in [3.8, 4) is 11.8 Å². The fraction of sp³-hybridized carbons (Fsp3) is 0.360. The quantitative estimate of drug-likeness (QED) is 0.388. The lowest BCUT2D eigenvalue weighted by Crippen LogP contribution is -2.24. The second kappa shape index (κ2) is 10.2. The molecule has 0 radical (unpaired) electrons. The molecule has 2 heterocycles. The van der Waals surface area contributed by atoms with Gasteiger partial charge in [0.25, 0.3) is 5.91 Å². The Kier molecular flexibility index (Phi) is 7.08. The summed E-state index contributed by atoms with van der Waals surface area (Å²) in [7, 11) is 0. The Morgan fingerprint density at radius 3 is 2.59 bits per heavy atom. The Labute approximate surface area is 202 Å². The van der Waals surface area contributed by atoms with Gasteiger partial charge in [0.1, 0.15) is 11.9 Å². The summed E-state index contributed by atoms with van der Waals surface area (Å²) in [5.74, 6) is -0.646. The van der Waals surface area contributed by atoms with Crippen molar-refractivity contribution in [1.29, 1.82) is 5.26 Å². The van der Waals surface area contributed by atoms with Gasteiger partial charge in [0, 0.05) is 17.4 Å². The molecule has 34 heavy (non-hydrogen) atoms. The van der Waals surface area contributed by atoms with Gasteiger partial charge in [-0.25, -0.2) is 9.78 Å². The van der Waals surface area contributed by atoms with Crippen molar-refractivity contribution in [3.05, 3.63) is 59.0 Å². The van der Waals surface area contributed by atoms with E-state index in [2.05, 4.69) is 20.9 Å². The molecule has 1 N–H and O–H groups in total. The summed E-state index contributed by atoms with van der Waals surface area (Å²) in [6, 6.07) is 11.9. The van der Waals surface area contributed by atoms with Gasteiger partial charge >= 0.3 is 5.97 Å². The monoisotopic (exact) mass is 477 g/mol. The van der Waals surface area contributed by atoms with Gasteiger partial charge in [-0.1, -0.05) is 42.8 Å². The summed E-state index contributed by atoms with van der Waals surface area (Å²) in [6.45, 7) is 3.40. The molecular weight excluding hydrogens is 450 g/mol. The molecule has 0 saturated heterocycles. The molecule has 8 nitrogen and oxygen atoms in total. The number of nitrogens with zero attached hydrogens (tertiary/aromatic N) is 4. The van der Waals surface area contributed by atoms with Crippen molar-refractivity contribution in [3.63, 3.8) is 0 Å². The number of thioether (sulfide) groups is 1. The number of imidazole rings is 1. The Morgan fingerprint density at radius 2 is 1.94 bits per heavy atom. The van der Waals surface area contributed by atoms with E-state index < -0.39 is 18.5 Å². The Morgan fingerprint density at radius 1 is 1.24 bits per heavy atom.